The van der Waals surface area contributed by atoms with Gasteiger partial charge in [-0.3, -0.25) is 0 Å². The Morgan fingerprint density at radius 1 is 0.514 bits per heavy atom. The SMILES string of the molecule is CC(C)(C)c1ccc(Nc2cc3sc4cc5c(cc4c3cc2-c2ccc3c4cc6c(cc4n4c3c2[B]c2cc3c(-c7ccccc7)oc(-c7ccccc7)c3cc2-4)sc2ccccc26)C(C)(C)CCC5(C)C)cc1. The summed E-state index contributed by atoms with van der Waals surface area (Å²) in [5, 5.41) is 14.0. The summed E-state index contributed by atoms with van der Waals surface area (Å²) in [7, 11) is 2.48. The van der Waals surface area contributed by atoms with E-state index in [1.807, 2.05) is 22.7 Å². The van der Waals surface area contributed by atoms with E-state index in [1.165, 1.54) is 108 Å². The van der Waals surface area contributed by atoms with Gasteiger partial charge in [0.25, 0.3) is 0 Å². The van der Waals surface area contributed by atoms with Gasteiger partial charge in [-0.25, -0.2) is 0 Å². The van der Waals surface area contributed by atoms with E-state index in [0.29, 0.717) is 0 Å². The van der Waals surface area contributed by atoms with E-state index in [-0.39, 0.29) is 16.2 Å². The Morgan fingerprint density at radius 3 is 1.84 bits per heavy atom. The number of fused-ring (bicyclic) bond motifs is 13. The molecule has 5 heterocycles. The van der Waals surface area contributed by atoms with Gasteiger partial charge in [0.15, 0.2) is 7.28 Å². The second kappa shape index (κ2) is 15.6. The number of furan rings is 1. The molecule has 0 atom stereocenters. The number of nitrogens with zero attached hydrogens (tertiary/aromatic N) is 1. The molecular formula is C68H54BN2OS2. The molecule has 2 aliphatic rings. The van der Waals surface area contributed by atoms with Gasteiger partial charge in [-0.05, 0) is 117 Å². The predicted octanol–water partition coefficient (Wildman–Crippen LogP) is 18.6. The minimum atomic E-state index is 0.0554. The van der Waals surface area contributed by atoms with Crippen molar-refractivity contribution in [3.05, 3.63) is 187 Å². The summed E-state index contributed by atoms with van der Waals surface area (Å²) < 4.78 is 14.9. The summed E-state index contributed by atoms with van der Waals surface area (Å²) in [5.74, 6) is 1.77. The summed E-state index contributed by atoms with van der Waals surface area (Å²) in [6.45, 7) is 16.6. The zero-order valence-electron chi connectivity index (χ0n) is 42.8. The molecule has 0 amide bonds. The number of rotatable bonds is 5. The predicted molar refractivity (Wildman–Crippen MR) is 321 cm³/mol. The maximum Gasteiger partial charge on any atom is 0.197 e. The van der Waals surface area contributed by atoms with Gasteiger partial charge >= 0.3 is 0 Å². The molecule has 0 fully saturated rings. The number of aromatic nitrogens is 1. The normalized spacial score (nSPS) is 14.9. The van der Waals surface area contributed by atoms with Crippen molar-refractivity contribution in [2.24, 2.45) is 0 Å². The van der Waals surface area contributed by atoms with Gasteiger partial charge in [0.05, 0.1) is 5.52 Å². The van der Waals surface area contributed by atoms with E-state index < -0.39 is 0 Å². The van der Waals surface area contributed by atoms with Crippen molar-refractivity contribution in [3.63, 3.8) is 0 Å². The first-order chi connectivity index (χ1) is 35.8. The van der Waals surface area contributed by atoms with Crippen molar-refractivity contribution in [2.45, 2.75) is 77.6 Å². The lowest BCUT2D eigenvalue weighted by molar-refractivity contribution is 0.332. The van der Waals surface area contributed by atoms with Crippen LogP contribution in [-0.4, -0.2) is 11.8 Å². The summed E-state index contributed by atoms with van der Waals surface area (Å²) in [5.41, 5.74) is 17.3. The number of hydrogen-bond donors (Lipinski definition) is 1. The molecular weight excluding hydrogens is 936 g/mol. The van der Waals surface area contributed by atoms with Crippen molar-refractivity contribution >= 4 is 125 Å². The van der Waals surface area contributed by atoms with Crippen LogP contribution in [0.4, 0.5) is 11.4 Å². The van der Waals surface area contributed by atoms with Crippen LogP contribution in [0, 0.1) is 0 Å². The molecule has 357 valence electrons. The molecule has 0 unspecified atom stereocenters. The van der Waals surface area contributed by atoms with Crippen molar-refractivity contribution in [1.29, 1.82) is 0 Å². The highest BCUT2D eigenvalue weighted by Crippen LogP contribution is 2.51. The average Bonchev–Trinajstić information content (AvgIpc) is 4.16. The van der Waals surface area contributed by atoms with Crippen molar-refractivity contribution in [3.8, 4) is 39.5 Å². The second-order valence-electron chi connectivity index (χ2n) is 23.4. The third-order valence-corrected chi connectivity index (χ3v) is 19.1. The lowest BCUT2D eigenvalue weighted by Gasteiger charge is -2.41. The van der Waals surface area contributed by atoms with E-state index in [1.54, 1.807) is 0 Å². The van der Waals surface area contributed by atoms with Crippen LogP contribution >= 0.6 is 22.7 Å². The molecule has 9 aromatic carbocycles. The maximum absolute atomic E-state index is 7.06. The summed E-state index contributed by atoms with van der Waals surface area (Å²) in [4.78, 5) is 0. The Morgan fingerprint density at radius 2 is 1.12 bits per heavy atom. The van der Waals surface area contributed by atoms with Crippen LogP contribution in [0.25, 0.3) is 112 Å². The van der Waals surface area contributed by atoms with Crippen LogP contribution in [0.15, 0.2) is 174 Å². The maximum atomic E-state index is 7.06. The van der Waals surface area contributed by atoms with E-state index in [2.05, 4.69) is 235 Å². The number of nitrogens with one attached hydrogen (secondary N) is 1. The Balaban J connectivity index is 1.03. The molecule has 0 saturated heterocycles. The highest BCUT2D eigenvalue weighted by molar-refractivity contribution is 7.26. The monoisotopic (exact) mass is 989 g/mol. The van der Waals surface area contributed by atoms with E-state index in [9.17, 15) is 0 Å². The Kier molecular flexibility index (Phi) is 9.29. The van der Waals surface area contributed by atoms with Crippen LogP contribution in [-0.2, 0) is 16.2 Å². The van der Waals surface area contributed by atoms with Crippen molar-refractivity contribution in [1.82, 2.24) is 4.57 Å². The third-order valence-electron chi connectivity index (χ3n) is 16.8. The molecule has 1 aliphatic carbocycles. The van der Waals surface area contributed by atoms with Crippen LogP contribution in [0.1, 0.15) is 78.0 Å². The van der Waals surface area contributed by atoms with Gasteiger partial charge < -0.3 is 14.3 Å². The number of thiophene rings is 2. The van der Waals surface area contributed by atoms with Crippen LogP contribution in [0.5, 0.6) is 0 Å². The highest BCUT2D eigenvalue weighted by Gasteiger charge is 2.38. The molecule has 1 aliphatic heterocycles. The minimum Gasteiger partial charge on any atom is -0.455 e. The second-order valence-corrected chi connectivity index (χ2v) is 25.6. The van der Waals surface area contributed by atoms with Crippen molar-refractivity contribution in [2.75, 3.05) is 5.32 Å². The molecule has 4 aromatic heterocycles. The molecule has 3 nitrogen and oxygen atoms in total. The molecule has 0 spiro atoms. The zero-order chi connectivity index (χ0) is 50.0. The average molecular weight is 990 g/mol. The quantitative estimate of drug-likeness (QED) is 0.174. The highest BCUT2D eigenvalue weighted by atomic mass is 32.1. The fraction of sp³-hybridized carbons (Fsp3) is 0.176. The Bertz CT molecular complexity index is 4500. The molecule has 1 N–H and O–H groups in total. The van der Waals surface area contributed by atoms with Gasteiger partial charge in [0, 0.05) is 101 Å². The number of benzene rings is 9. The summed E-state index contributed by atoms with van der Waals surface area (Å²) in [6.07, 6.45) is 2.38. The molecule has 0 saturated carbocycles. The van der Waals surface area contributed by atoms with E-state index in [4.69, 9.17) is 4.42 Å². The lowest BCUT2D eigenvalue weighted by atomic mass is 9.58. The van der Waals surface area contributed by atoms with E-state index in [0.717, 1.165) is 55.9 Å². The lowest BCUT2D eigenvalue weighted by Crippen LogP contribution is -2.37. The first kappa shape index (κ1) is 44.1. The standard InChI is InChI=1S/C68H54BN2OS2/c1-66(2,3)40-22-24-41(25-23-40)70-55-36-60-48(49-32-52-53(35-59(49)74-60)68(6,7)29-28-67(52,4)5)30-45(55)43-26-27-44-46-31-47-42-20-14-15-21-58(42)73-61(47)37-56(46)71-57-34-51-50(33-54(57)69-62(43)63(44)71)64(38-16-10-8-11-17-38)72-65(51)39-18-12-9-13-19-39/h8-27,30-37,70H,28-29H2,1-7H3. The van der Waals surface area contributed by atoms with Crippen LogP contribution < -0.4 is 16.2 Å². The Labute approximate surface area is 440 Å². The van der Waals surface area contributed by atoms with Gasteiger partial charge in [0.2, 0.25) is 0 Å². The van der Waals surface area contributed by atoms with Crippen LogP contribution in [0.2, 0.25) is 0 Å². The first-order valence-electron chi connectivity index (χ1n) is 26.2. The summed E-state index contributed by atoms with van der Waals surface area (Å²) in [6, 6.07) is 63.8. The molecule has 15 rings (SSSR count). The minimum absolute atomic E-state index is 0.0554. The number of anilines is 2. The molecule has 6 heteroatoms. The fourth-order valence-electron chi connectivity index (χ4n) is 12.7. The number of hydrogen-bond acceptors (Lipinski definition) is 4. The Hall–Kier alpha value is -7.38. The molecule has 13 aromatic rings. The van der Waals surface area contributed by atoms with Gasteiger partial charge in [0.1, 0.15) is 11.5 Å². The van der Waals surface area contributed by atoms with Crippen molar-refractivity contribution < 1.29 is 4.42 Å². The topological polar surface area (TPSA) is 30.1 Å². The molecule has 0 bridgehead atoms. The van der Waals surface area contributed by atoms with E-state index >= 15 is 0 Å². The third kappa shape index (κ3) is 6.56. The summed E-state index contributed by atoms with van der Waals surface area (Å²) >= 11 is 3.82. The van der Waals surface area contributed by atoms with Crippen LogP contribution in [0.3, 0.4) is 0 Å². The molecule has 74 heavy (non-hydrogen) atoms. The first-order valence-corrected chi connectivity index (χ1v) is 27.8. The van der Waals surface area contributed by atoms with Gasteiger partial charge in [-0.2, -0.15) is 0 Å². The zero-order valence-corrected chi connectivity index (χ0v) is 44.5. The fourth-order valence-corrected chi connectivity index (χ4v) is 14.9. The smallest absolute Gasteiger partial charge is 0.197 e. The molecule has 1 radical (unpaired) electrons. The largest absolute Gasteiger partial charge is 0.455 e. The van der Waals surface area contributed by atoms with Gasteiger partial charge in [-0.15, -0.1) is 22.7 Å². The van der Waals surface area contributed by atoms with Gasteiger partial charge in [-0.1, -0.05) is 163 Å².